The topological polar surface area (TPSA) is 133 Å². The Hall–Kier alpha value is -4.12. The van der Waals surface area contributed by atoms with E-state index in [4.69, 9.17) is 19.9 Å². The average Bonchev–Trinajstić information content (AvgIpc) is 2.91. The molecular formula is C29H36FN3O7. The van der Waals surface area contributed by atoms with E-state index in [9.17, 15) is 19.5 Å². The standard InChI is InChI=1S/C29H36FN3O7/c1-7-15-39-22-14-13-21(30)23-24(22)33(16-20(25(23)34)18-9-11-19(38-6)12-10-18)32(8-2)26(35)29(37,28(3,4)5)17-40-27(31)36/h9-14,16,37H,7-8,15,17H2,1-6H3,(H2,31,36)/t29-/m1/s1. The summed E-state index contributed by atoms with van der Waals surface area (Å²) in [6.45, 7) is 7.88. The minimum atomic E-state index is -2.24. The minimum absolute atomic E-state index is 0.0120. The Morgan fingerprint density at radius 1 is 1.10 bits per heavy atom. The van der Waals surface area contributed by atoms with Gasteiger partial charge >= 0.3 is 6.09 Å². The molecule has 1 atom stereocenters. The molecule has 2 aromatic carbocycles. The van der Waals surface area contributed by atoms with Gasteiger partial charge in [0.1, 0.15) is 29.4 Å². The molecule has 216 valence electrons. The lowest BCUT2D eigenvalue weighted by Crippen LogP contribution is -2.62. The van der Waals surface area contributed by atoms with Crippen molar-refractivity contribution in [2.45, 2.75) is 46.6 Å². The van der Waals surface area contributed by atoms with Crippen LogP contribution in [0.15, 0.2) is 47.4 Å². The number of amides is 2. The number of rotatable bonds is 10. The van der Waals surface area contributed by atoms with Crippen molar-refractivity contribution in [3.05, 3.63) is 58.6 Å². The summed E-state index contributed by atoms with van der Waals surface area (Å²) in [4.78, 5) is 39.3. The molecule has 0 saturated heterocycles. The molecule has 40 heavy (non-hydrogen) atoms. The fourth-order valence-electron chi connectivity index (χ4n) is 4.25. The van der Waals surface area contributed by atoms with Gasteiger partial charge in [-0.25, -0.2) is 14.2 Å². The largest absolute Gasteiger partial charge is 0.497 e. The number of likely N-dealkylation sites (N-methyl/N-ethyl adjacent to an activating group) is 1. The van der Waals surface area contributed by atoms with Crippen LogP contribution in [0.25, 0.3) is 22.0 Å². The van der Waals surface area contributed by atoms with Gasteiger partial charge in [0.25, 0.3) is 5.91 Å². The number of ether oxygens (including phenoxy) is 3. The van der Waals surface area contributed by atoms with Crippen LogP contribution in [0.1, 0.15) is 41.0 Å². The number of benzene rings is 2. The van der Waals surface area contributed by atoms with E-state index in [1.807, 2.05) is 6.92 Å². The second-order valence-electron chi connectivity index (χ2n) is 10.3. The van der Waals surface area contributed by atoms with Gasteiger partial charge in [-0.15, -0.1) is 0 Å². The number of aliphatic hydroxyl groups is 1. The average molecular weight is 558 g/mol. The Kier molecular flexibility index (Phi) is 9.09. The summed E-state index contributed by atoms with van der Waals surface area (Å²) in [5, 5.41) is 12.5. The maximum Gasteiger partial charge on any atom is 0.404 e. The molecule has 0 unspecified atom stereocenters. The van der Waals surface area contributed by atoms with Gasteiger partial charge in [0.2, 0.25) is 0 Å². The van der Waals surface area contributed by atoms with Crippen LogP contribution in [0.4, 0.5) is 9.18 Å². The number of fused-ring (bicyclic) bond motifs is 1. The fourth-order valence-corrected chi connectivity index (χ4v) is 4.25. The highest BCUT2D eigenvalue weighted by Gasteiger charge is 2.50. The lowest BCUT2D eigenvalue weighted by molar-refractivity contribution is -0.157. The van der Waals surface area contributed by atoms with E-state index < -0.39 is 40.9 Å². The number of hydrogen-bond donors (Lipinski definition) is 2. The van der Waals surface area contributed by atoms with E-state index in [0.29, 0.717) is 17.7 Å². The van der Waals surface area contributed by atoms with Crippen molar-refractivity contribution in [3.8, 4) is 22.6 Å². The van der Waals surface area contributed by atoms with E-state index in [-0.39, 0.29) is 35.4 Å². The summed E-state index contributed by atoms with van der Waals surface area (Å²) in [6, 6.07) is 9.13. The molecule has 0 aliphatic rings. The van der Waals surface area contributed by atoms with Gasteiger partial charge in [0.15, 0.2) is 11.0 Å². The van der Waals surface area contributed by atoms with Crippen LogP contribution in [-0.4, -0.2) is 54.3 Å². The predicted octanol–water partition coefficient (Wildman–Crippen LogP) is 3.96. The monoisotopic (exact) mass is 557 g/mol. The van der Waals surface area contributed by atoms with Gasteiger partial charge < -0.3 is 25.1 Å². The lowest BCUT2D eigenvalue weighted by atomic mass is 9.76. The van der Waals surface area contributed by atoms with Crippen molar-refractivity contribution in [3.63, 3.8) is 0 Å². The molecule has 2 amide bonds. The Labute approximate surface area is 232 Å². The Morgan fingerprint density at radius 3 is 2.27 bits per heavy atom. The molecule has 1 heterocycles. The van der Waals surface area contributed by atoms with Crippen LogP contribution in [0, 0.1) is 11.2 Å². The molecule has 0 spiro atoms. The molecule has 0 saturated carbocycles. The Bertz CT molecular complexity index is 1450. The highest BCUT2D eigenvalue weighted by Crippen LogP contribution is 2.35. The number of nitrogens with two attached hydrogens (primary N) is 1. The van der Waals surface area contributed by atoms with E-state index in [0.717, 1.165) is 11.1 Å². The number of methoxy groups -OCH3 is 1. The quantitative estimate of drug-likeness (QED) is 0.385. The zero-order valence-corrected chi connectivity index (χ0v) is 23.6. The van der Waals surface area contributed by atoms with E-state index in [1.54, 1.807) is 52.0 Å². The normalized spacial score (nSPS) is 13.0. The first-order valence-corrected chi connectivity index (χ1v) is 12.9. The van der Waals surface area contributed by atoms with Crippen LogP contribution in [0.3, 0.4) is 0 Å². The van der Waals surface area contributed by atoms with Crippen LogP contribution in [-0.2, 0) is 9.53 Å². The van der Waals surface area contributed by atoms with Gasteiger partial charge in [0, 0.05) is 23.7 Å². The second kappa shape index (κ2) is 12.0. The molecule has 10 nitrogen and oxygen atoms in total. The molecule has 11 heteroatoms. The number of hydrogen-bond acceptors (Lipinski definition) is 7. The molecular weight excluding hydrogens is 521 g/mol. The molecule has 0 radical (unpaired) electrons. The summed E-state index contributed by atoms with van der Waals surface area (Å²) < 4.78 is 32.7. The fraction of sp³-hybridized carbons (Fsp3) is 0.414. The third kappa shape index (κ3) is 5.74. The van der Waals surface area contributed by atoms with Crippen molar-refractivity contribution in [1.82, 2.24) is 4.68 Å². The molecule has 0 aliphatic carbocycles. The molecule has 1 aromatic heterocycles. The van der Waals surface area contributed by atoms with Crippen LogP contribution < -0.4 is 25.6 Å². The van der Waals surface area contributed by atoms with Crippen molar-refractivity contribution < 1.29 is 33.3 Å². The Balaban J connectivity index is 2.40. The zero-order chi connectivity index (χ0) is 29.8. The Morgan fingerprint density at radius 2 is 1.75 bits per heavy atom. The molecule has 0 bridgehead atoms. The maximum atomic E-state index is 15.4. The number of carbonyl (C=O) groups is 2. The molecule has 0 fully saturated rings. The summed E-state index contributed by atoms with van der Waals surface area (Å²) >= 11 is 0. The van der Waals surface area contributed by atoms with Gasteiger partial charge in [-0.2, -0.15) is 0 Å². The van der Waals surface area contributed by atoms with Crippen molar-refractivity contribution >= 4 is 22.9 Å². The van der Waals surface area contributed by atoms with Gasteiger partial charge in [0.05, 0.1) is 19.1 Å². The first kappa shape index (κ1) is 30.4. The molecule has 3 rings (SSSR count). The summed E-state index contributed by atoms with van der Waals surface area (Å²) in [6.07, 6.45) is 0.883. The zero-order valence-electron chi connectivity index (χ0n) is 23.6. The number of primary amides is 1. The number of halogens is 1. The second-order valence-corrected chi connectivity index (χ2v) is 10.3. The smallest absolute Gasteiger partial charge is 0.404 e. The minimum Gasteiger partial charge on any atom is -0.497 e. The van der Waals surface area contributed by atoms with E-state index >= 15 is 4.39 Å². The third-order valence-electron chi connectivity index (χ3n) is 6.72. The van der Waals surface area contributed by atoms with Gasteiger partial charge in [-0.05, 0) is 43.2 Å². The maximum absolute atomic E-state index is 15.4. The third-order valence-corrected chi connectivity index (χ3v) is 6.72. The van der Waals surface area contributed by atoms with E-state index in [2.05, 4.69) is 0 Å². The summed E-state index contributed by atoms with van der Waals surface area (Å²) in [5.74, 6) is -0.934. The molecule has 3 N–H and O–H groups in total. The van der Waals surface area contributed by atoms with Crippen LogP contribution >= 0.6 is 0 Å². The van der Waals surface area contributed by atoms with Crippen molar-refractivity contribution in [1.29, 1.82) is 0 Å². The van der Waals surface area contributed by atoms with Gasteiger partial charge in [-0.3, -0.25) is 14.3 Å². The predicted molar refractivity (Wildman–Crippen MR) is 150 cm³/mol. The van der Waals surface area contributed by atoms with Crippen LogP contribution in [0.5, 0.6) is 11.5 Å². The summed E-state index contributed by atoms with van der Waals surface area (Å²) in [5.41, 5.74) is 1.71. The lowest BCUT2D eigenvalue weighted by Gasteiger charge is -2.41. The van der Waals surface area contributed by atoms with Crippen molar-refractivity contribution in [2.75, 3.05) is 31.9 Å². The van der Waals surface area contributed by atoms with Crippen molar-refractivity contribution in [2.24, 2.45) is 11.1 Å². The number of nitrogens with zero attached hydrogens (tertiary/aromatic N) is 2. The number of carbonyl (C=O) groups excluding carboxylic acids is 2. The van der Waals surface area contributed by atoms with Crippen LogP contribution in [0.2, 0.25) is 0 Å². The van der Waals surface area contributed by atoms with Gasteiger partial charge in [-0.1, -0.05) is 39.8 Å². The SMILES string of the molecule is CCCOc1ccc(F)c2c(=O)c(-c3ccc(OC)cc3)cn(N(CC)C(=O)[C@](O)(COC(N)=O)C(C)(C)C)c12. The summed E-state index contributed by atoms with van der Waals surface area (Å²) in [7, 11) is 1.51. The molecule has 3 aromatic rings. The first-order valence-electron chi connectivity index (χ1n) is 12.9. The first-order chi connectivity index (χ1) is 18.8. The highest BCUT2D eigenvalue weighted by molar-refractivity contribution is 5.97. The molecule has 0 aliphatic heterocycles. The highest BCUT2D eigenvalue weighted by atomic mass is 19.1. The van der Waals surface area contributed by atoms with E-state index in [1.165, 1.54) is 24.0 Å². The number of aromatic nitrogens is 1. The number of pyridine rings is 1.